The topological polar surface area (TPSA) is 12.5 Å². The van der Waals surface area contributed by atoms with Crippen LogP contribution in [0.3, 0.4) is 0 Å². The average Bonchev–Trinajstić information content (AvgIpc) is 2.62. The van der Waals surface area contributed by atoms with E-state index in [-0.39, 0.29) is 0 Å². The van der Waals surface area contributed by atoms with Gasteiger partial charge in [-0.25, -0.2) is 0 Å². The zero-order valence-electron chi connectivity index (χ0n) is 13.9. The Bertz CT molecular complexity index is 842. The molecule has 0 saturated carbocycles. The Kier molecular flexibility index (Phi) is 3.96. The van der Waals surface area contributed by atoms with Crippen LogP contribution in [0.5, 0.6) is 5.75 Å². The van der Waals surface area contributed by atoms with Crippen molar-refractivity contribution in [2.75, 3.05) is 11.6 Å². The van der Waals surface area contributed by atoms with E-state index in [4.69, 9.17) is 4.74 Å². The fourth-order valence-electron chi connectivity index (χ4n) is 3.27. The number of nitrogens with zero attached hydrogens (tertiary/aromatic N) is 1. The molecule has 0 spiro atoms. The molecule has 4 rings (SSSR count). The van der Waals surface area contributed by atoms with Crippen LogP contribution in [0.25, 0.3) is 0 Å². The van der Waals surface area contributed by atoms with Gasteiger partial charge in [0.25, 0.3) is 0 Å². The highest BCUT2D eigenvalue weighted by atomic mass is 16.5. The third-order valence-electron chi connectivity index (χ3n) is 4.47. The van der Waals surface area contributed by atoms with E-state index in [0.29, 0.717) is 6.73 Å². The molecule has 0 aromatic heterocycles. The number of ether oxygens (including phenoxy) is 1. The zero-order valence-corrected chi connectivity index (χ0v) is 13.9. The molecule has 0 unspecified atom stereocenters. The Morgan fingerprint density at radius 1 is 0.875 bits per heavy atom. The lowest BCUT2D eigenvalue weighted by Crippen LogP contribution is -2.31. The van der Waals surface area contributed by atoms with Crippen LogP contribution in [0.1, 0.15) is 22.3 Å². The molecule has 0 atom stereocenters. The molecule has 1 heterocycles. The summed E-state index contributed by atoms with van der Waals surface area (Å²) in [6.45, 7) is 3.64. The van der Waals surface area contributed by atoms with Crippen molar-refractivity contribution in [3.63, 3.8) is 0 Å². The molecule has 0 fully saturated rings. The van der Waals surface area contributed by atoms with Gasteiger partial charge in [-0.15, -0.1) is 0 Å². The lowest BCUT2D eigenvalue weighted by molar-refractivity contribution is 0.289. The third-order valence-corrected chi connectivity index (χ3v) is 4.47. The standard InChI is InChI=1S/C22H21NO/c1-17-6-5-7-18(12-17)13-19-10-11-22-20(14-19)15-23(16-24-22)21-8-3-2-4-9-21/h2-12,14H,13,15-16H2,1H3. The highest BCUT2D eigenvalue weighted by molar-refractivity contribution is 5.50. The summed E-state index contributed by atoms with van der Waals surface area (Å²) in [5, 5.41) is 0. The van der Waals surface area contributed by atoms with Gasteiger partial charge in [-0.3, -0.25) is 0 Å². The van der Waals surface area contributed by atoms with Gasteiger partial charge in [-0.1, -0.05) is 54.1 Å². The molecular formula is C22H21NO. The predicted octanol–water partition coefficient (Wildman–Crippen LogP) is 4.94. The maximum absolute atomic E-state index is 5.94. The molecule has 0 bridgehead atoms. The maximum atomic E-state index is 5.94. The van der Waals surface area contributed by atoms with Gasteiger partial charge in [0.15, 0.2) is 6.73 Å². The van der Waals surface area contributed by atoms with Gasteiger partial charge in [-0.2, -0.15) is 0 Å². The van der Waals surface area contributed by atoms with E-state index in [1.54, 1.807) is 0 Å². The lowest BCUT2D eigenvalue weighted by Gasteiger charge is -2.31. The van der Waals surface area contributed by atoms with Crippen LogP contribution in [-0.4, -0.2) is 6.73 Å². The second-order valence-electron chi connectivity index (χ2n) is 6.41. The number of rotatable bonds is 3. The minimum Gasteiger partial charge on any atom is -0.473 e. The van der Waals surface area contributed by atoms with E-state index in [1.807, 2.05) is 6.07 Å². The zero-order chi connectivity index (χ0) is 16.4. The van der Waals surface area contributed by atoms with E-state index < -0.39 is 0 Å². The normalized spacial score (nSPS) is 13.3. The summed E-state index contributed by atoms with van der Waals surface area (Å²) in [6.07, 6.45) is 0.959. The van der Waals surface area contributed by atoms with Crippen molar-refractivity contribution in [3.8, 4) is 5.75 Å². The predicted molar refractivity (Wildman–Crippen MR) is 98.5 cm³/mol. The van der Waals surface area contributed by atoms with E-state index >= 15 is 0 Å². The van der Waals surface area contributed by atoms with Crippen molar-refractivity contribution in [3.05, 3.63) is 95.1 Å². The van der Waals surface area contributed by atoms with Crippen LogP contribution in [-0.2, 0) is 13.0 Å². The lowest BCUT2D eigenvalue weighted by atomic mass is 10.0. The van der Waals surface area contributed by atoms with Crippen molar-refractivity contribution in [2.45, 2.75) is 19.9 Å². The number of hydrogen-bond acceptors (Lipinski definition) is 2. The van der Waals surface area contributed by atoms with Crippen molar-refractivity contribution in [2.24, 2.45) is 0 Å². The summed E-state index contributed by atoms with van der Waals surface area (Å²) >= 11 is 0. The first-order chi connectivity index (χ1) is 11.8. The van der Waals surface area contributed by atoms with Crippen molar-refractivity contribution in [1.29, 1.82) is 0 Å². The number of anilines is 1. The molecule has 2 heteroatoms. The first-order valence-electron chi connectivity index (χ1n) is 8.38. The quantitative estimate of drug-likeness (QED) is 0.678. The van der Waals surface area contributed by atoms with Gasteiger partial charge in [0.05, 0.1) is 0 Å². The van der Waals surface area contributed by atoms with Gasteiger partial charge in [-0.05, 0) is 48.7 Å². The molecule has 0 saturated heterocycles. The van der Waals surface area contributed by atoms with E-state index in [0.717, 1.165) is 18.7 Å². The molecule has 0 amide bonds. The van der Waals surface area contributed by atoms with Crippen LogP contribution >= 0.6 is 0 Å². The van der Waals surface area contributed by atoms with Crippen molar-refractivity contribution >= 4 is 5.69 Å². The second kappa shape index (κ2) is 6.40. The number of hydrogen-bond donors (Lipinski definition) is 0. The summed E-state index contributed by atoms with van der Waals surface area (Å²) in [7, 11) is 0. The van der Waals surface area contributed by atoms with Crippen LogP contribution < -0.4 is 9.64 Å². The Balaban J connectivity index is 1.57. The SMILES string of the molecule is Cc1cccc(Cc2ccc3c(c2)CN(c2ccccc2)CO3)c1. The molecule has 1 aliphatic rings. The highest BCUT2D eigenvalue weighted by Crippen LogP contribution is 2.29. The number of para-hydroxylation sites is 1. The van der Waals surface area contributed by atoms with E-state index in [2.05, 4.69) is 78.6 Å². The first-order valence-corrected chi connectivity index (χ1v) is 8.38. The second-order valence-corrected chi connectivity index (χ2v) is 6.41. The van der Waals surface area contributed by atoms with Gasteiger partial charge >= 0.3 is 0 Å². The molecule has 3 aromatic carbocycles. The molecule has 3 aromatic rings. The van der Waals surface area contributed by atoms with Gasteiger partial charge in [0, 0.05) is 17.8 Å². The number of fused-ring (bicyclic) bond motifs is 1. The fourth-order valence-corrected chi connectivity index (χ4v) is 3.27. The Labute approximate surface area is 143 Å². The fraction of sp³-hybridized carbons (Fsp3) is 0.182. The number of benzene rings is 3. The smallest absolute Gasteiger partial charge is 0.161 e. The molecule has 0 radical (unpaired) electrons. The molecular weight excluding hydrogens is 294 g/mol. The van der Waals surface area contributed by atoms with E-state index in [9.17, 15) is 0 Å². The Morgan fingerprint density at radius 3 is 2.54 bits per heavy atom. The molecule has 0 N–H and O–H groups in total. The van der Waals surface area contributed by atoms with Gasteiger partial charge < -0.3 is 9.64 Å². The maximum Gasteiger partial charge on any atom is 0.161 e. The summed E-state index contributed by atoms with van der Waals surface area (Å²) in [4.78, 5) is 2.26. The van der Waals surface area contributed by atoms with Crippen LogP contribution in [0.15, 0.2) is 72.8 Å². The average molecular weight is 315 g/mol. The minimum absolute atomic E-state index is 0.605. The molecule has 2 nitrogen and oxygen atoms in total. The Morgan fingerprint density at radius 2 is 1.71 bits per heavy atom. The van der Waals surface area contributed by atoms with Gasteiger partial charge in [0.2, 0.25) is 0 Å². The molecule has 24 heavy (non-hydrogen) atoms. The van der Waals surface area contributed by atoms with Crippen LogP contribution in [0.2, 0.25) is 0 Å². The molecule has 0 aliphatic carbocycles. The van der Waals surface area contributed by atoms with Crippen LogP contribution in [0.4, 0.5) is 5.69 Å². The van der Waals surface area contributed by atoms with Gasteiger partial charge in [0.1, 0.15) is 5.75 Å². The first kappa shape index (κ1) is 14.8. The van der Waals surface area contributed by atoms with Crippen LogP contribution in [0, 0.1) is 6.92 Å². The largest absolute Gasteiger partial charge is 0.473 e. The minimum atomic E-state index is 0.605. The summed E-state index contributed by atoms with van der Waals surface area (Å²) in [6, 6.07) is 25.7. The summed E-state index contributed by atoms with van der Waals surface area (Å²) < 4.78 is 5.94. The monoisotopic (exact) mass is 315 g/mol. The highest BCUT2D eigenvalue weighted by Gasteiger charge is 2.17. The Hall–Kier alpha value is -2.74. The van der Waals surface area contributed by atoms with Crippen molar-refractivity contribution < 1.29 is 4.74 Å². The third kappa shape index (κ3) is 3.13. The van der Waals surface area contributed by atoms with E-state index in [1.165, 1.54) is 27.9 Å². The summed E-state index contributed by atoms with van der Waals surface area (Å²) in [5.41, 5.74) is 6.45. The number of aryl methyl sites for hydroxylation is 1. The van der Waals surface area contributed by atoms with Crippen molar-refractivity contribution in [1.82, 2.24) is 0 Å². The summed E-state index contributed by atoms with van der Waals surface area (Å²) in [5.74, 6) is 1.01. The molecule has 1 aliphatic heterocycles. The molecule has 120 valence electrons.